The van der Waals surface area contributed by atoms with Crippen LogP contribution in [0.15, 0.2) is 46.7 Å². The summed E-state index contributed by atoms with van der Waals surface area (Å²) in [5, 5.41) is 11.8. The quantitative estimate of drug-likeness (QED) is 0.403. The van der Waals surface area contributed by atoms with E-state index in [4.69, 9.17) is 9.94 Å². The highest BCUT2D eigenvalue weighted by molar-refractivity contribution is 9.10. The number of rotatable bonds is 9. The molecular weight excluding hydrogens is 421 g/mol. The van der Waals surface area contributed by atoms with Crippen molar-refractivity contribution in [3.63, 3.8) is 0 Å². The number of halogens is 2. The smallest absolute Gasteiger partial charge is 0.254 e. The Bertz CT molecular complexity index is 737. The average molecular weight is 444 g/mol. The van der Waals surface area contributed by atoms with Gasteiger partial charge in [0.25, 0.3) is 5.91 Å². The van der Waals surface area contributed by atoms with Crippen LogP contribution in [0.3, 0.4) is 0 Å². The Morgan fingerprint density at radius 2 is 2.15 bits per heavy atom. The molecule has 148 valence electrons. The Morgan fingerprint density at radius 3 is 2.74 bits per heavy atom. The van der Waals surface area contributed by atoms with Gasteiger partial charge in [0.05, 0.1) is 11.8 Å². The lowest BCUT2D eigenvalue weighted by molar-refractivity contribution is -0.134. The molecule has 7 nitrogen and oxygen atoms in total. The zero-order valence-electron chi connectivity index (χ0n) is 15.4. The highest BCUT2D eigenvalue weighted by Gasteiger charge is 2.15. The molecule has 3 N–H and O–H groups in total. The molecule has 27 heavy (non-hydrogen) atoms. The molecule has 0 aliphatic rings. The van der Waals surface area contributed by atoms with Gasteiger partial charge in [0.2, 0.25) is 5.91 Å². The van der Waals surface area contributed by atoms with Crippen molar-refractivity contribution in [2.24, 2.45) is 0 Å². The molecule has 0 unspecified atom stereocenters. The Kier molecular flexibility index (Phi) is 9.13. The average Bonchev–Trinajstić information content (AvgIpc) is 2.60. The Balaban J connectivity index is 2.60. The molecule has 1 atom stereocenters. The van der Waals surface area contributed by atoms with Crippen molar-refractivity contribution in [3.8, 4) is 0 Å². The van der Waals surface area contributed by atoms with E-state index in [-0.39, 0.29) is 24.5 Å². The molecule has 0 aliphatic heterocycles. The minimum Gasteiger partial charge on any atom is -0.391 e. The molecule has 0 aliphatic carbocycles. The summed E-state index contributed by atoms with van der Waals surface area (Å²) in [7, 11) is 1.48. The number of hydroxylamine groups is 1. The van der Waals surface area contributed by atoms with Crippen LogP contribution in [0, 0.1) is 5.82 Å². The predicted molar refractivity (Wildman–Crippen MR) is 104 cm³/mol. The summed E-state index contributed by atoms with van der Waals surface area (Å²) < 4.78 is 14.5. The Morgan fingerprint density at radius 1 is 1.48 bits per heavy atom. The van der Waals surface area contributed by atoms with Crippen molar-refractivity contribution in [3.05, 3.63) is 52.5 Å². The van der Waals surface area contributed by atoms with Gasteiger partial charge in [-0.05, 0) is 32.0 Å². The second kappa shape index (κ2) is 10.8. The predicted octanol–water partition coefficient (Wildman–Crippen LogP) is 2.69. The monoisotopic (exact) mass is 443 g/mol. The zero-order chi connectivity index (χ0) is 20.6. The van der Waals surface area contributed by atoms with E-state index in [0.717, 1.165) is 0 Å². The van der Waals surface area contributed by atoms with E-state index in [1.807, 2.05) is 0 Å². The Hall–Kier alpha value is -2.23. The largest absolute Gasteiger partial charge is 0.391 e. The number of aliphatic hydroxyl groups is 1. The highest BCUT2D eigenvalue weighted by Crippen LogP contribution is 2.21. The standard InChI is InChI=1S/C18H23BrFN3O4/c1-11(5-8-17(25)22-27-10-12(2)24)18(26)23(4)13(3)21-16-7-6-14(19)9-15(16)20/h5-7,9,12,21,24H,3,8,10H2,1-2,4H3,(H,22,25)/b11-5-/t12-/m0/s1. The van der Waals surface area contributed by atoms with E-state index in [9.17, 15) is 14.0 Å². The van der Waals surface area contributed by atoms with Crippen LogP contribution >= 0.6 is 15.9 Å². The summed E-state index contributed by atoms with van der Waals surface area (Å²) in [4.78, 5) is 30.0. The van der Waals surface area contributed by atoms with Crippen molar-refractivity contribution >= 4 is 33.4 Å². The maximum Gasteiger partial charge on any atom is 0.254 e. The summed E-state index contributed by atoms with van der Waals surface area (Å²) >= 11 is 3.17. The van der Waals surface area contributed by atoms with Gasteiger partial charge in [0.15, 0.2) is 0 Å². The van der Waals surface area contributed by atoms with E-state index in [2.05, 4.69) is 33.3 Å². The molecule has 0 radical (unpaired) electrons. The van der Waals surface area contributed by atoms with E-state index >= 15 is 0 Å². The van der Waals surface area contributed by atoms with Crippen molar-refractivity contribution in [2.45, 2.75) is 26.4 Å². The van der Waals surface area contributed by atoms with Gasteiger partial charge < -0.3 is 10.4 Å². The topological polar surface area (TPSA) is 90.9 Å². The van der Waals surface area contributed by atoms with Gasteiger partial charge in [-0.3, -0.25) is 19.3 Å². The number of nitrogens with zero attached hydrogens (tertiary/aromatic N) is 1. The maximum atomic E-state index is 13.9. The van der Waals surface area contributed by atoms with Crippen LogP contribution < -0.4 is 10.8 Å². The van der Waals surface area contributed by atoms with E-state index in [1.54, 1.807) is 13.0 Å². The number of hydrogen-bond acceptors (Lipinski definition) is 5. The maximum absolute atomic E-state index is 13.9. The molecule has 1 rings (SSSR count). The fourth-order valence-corrected chi connectivity index (χ4v) is 2.17. The van der Waals surface area contributed by atoms with Crippen LogP contribution in [0.25, 0.3) is 0 Å². The highest BCUT2D eigenvalue weighted by atomic mass is 79.9. The summed E-state index contributed by atoms with van der Waals surface area (Å²) in [5.41, 5.74) is 2.65. The Labute approximate surface area is 166 Å². The van der Waals surface area contributed by atoms with Gasteiger partial charge in [-0.1, -0.05) is 28.6 Å². The molecule has 1 aromatic carbocycles. The molecule has 0 aromatic heterocycles. The number of benzene rings is 1. The molecule has 0 spiro atoms. The molecule has 1 aromatic rings. The van der Waals surface area contributed by atoms with Crippen molar-refractivity contribution < 1.29 is 23.9 Å². The summed E-state index contributed by atoms with van der Waals surface area (Å²) in [6.45, 7) is 6.77. The lowest BCUT2D eigenvalue weighted by Crippen LogP contribution is -2.30. The fraction of sp³-hybridized carbons (Fsp3) is 0.333. The third-order valence-corrected chi connectivity index (χ3v) is 3.85. The molecular formula is C18H23BrFN3O4. The second-order valence-corrected chi connectivity index (χ2v) is 6.75. The molecule has 9 heteroatoms. The number of hydrogen-bond donors (Lipinski definition) is 3. The van der Waals surface area contributed by atoms with Gasteiger partial charge in [0, 0.05) is 23.5 Å². The van der Waals surface area contributed by atoms with Gasteiger partial charge in [0.1, 0.15) is 18.2 Å². The summed E-state index contributed by atoms with van der Waals surface area (Å²) in [5.74, 6) is -1.17. The minimum absolute atomic E-state index is 0.0335. The molecule has 0 bridgehead atoms. The van der Waals surface area contributed by atoms with Gasteiger partial charge in [-0.2, -0.15) is 0 Å². The van der Waals surface area contributed by atoms with Crippen LogP contribution in [0.5, 0.6) is 0 Å². The van der Waals surface area contributed by atoms with Crippen molar-refractivity contribution in [1.82, 2.24) is 10.4 Å². The summed E-state index contributed by atoms with van der Waals surface area (Å²) in [6.07, 6.45) is 0.659. The number of likely N-dealkylation sites (N-methyl/N-ethyl adjacent to an activating group) is 1. The lowest BCUT2D eigenvalue weighted by atomic mass is 10.2. The SMILES string of the molecule is C=C(Nc1ccc(Br)cc1F)N(C)C(=O)/C(C)=C\CC(=O)NOC[C@H](C)O. The first-order chi connectivity index (χ1) is 12.6. The lowest BCUT2D eigenvalue weighted by Gasteiger charge is -2.21. The first kappa shape index (κ1) is 22.8. The van der Waals surface area contributed by atoms with Crippen LogP contribution in [0.1, 0.15) is 20.3 Å². The van der Waals surface area contributed by atoms with Gasteiger partial charge in [-0.25, -0.2) is 9.87 Å². The zero-order valence-corrected chi connectivity index (χ0v) is 17.0. The molecule has 2 amide bonds. The third-order valence-electron chi connectivity index (χ3n) is 3.36. The number of carbonyl (C=O) groups is 2. The van der Waals surface area contributed by atoms with Crippen LogP contribution in [-0.2, 0) is 14.4 Å². The second-order valence-electron chi connectivity index (χ2n) is 5.84. The summed E-state index contributed by atoms with van der Waals surface area (Å²) in [6, 6.07) is 4.47. The van der Waals surface area contributed by atoms with Crippen LogP contribution in [-0.4, -0.2) is 41.6 Å². The van der Waals surface area contributed by atoms with Crippen LogP contribution in [0.4, 0.5) is 10.1 Å². The van der Waals surface area contributed by atoms with E-state index in [0.29, 0.717) is 10.0 Å². The number of carbonyl (C=O) groups excluding carboxylic acids is 2. The van der Waals surface area contributed by atoms with E-state index in [1.165, 1.54) is 37.1 Å². The number of anilines is 1. The molecule has 0 fully saturated rings. The molecule has 0 heterocycles. The van der Waals surface area contributed by atoms with Gasteiger partial charge >= 0.3 is 0 Å². The minimum atomic E-state index is -0.702. The first-order valence-electron chi connectivity index (χ1n) is 8.06. The van der Waals surface area contributed by atoms with Crippen molar-refractivity contribution in [2.75, 3.05) is 19.0 Å². The van der Waals surface area contributed by atoms with Crippen LogP contribution in [0.2, 0.25) is 0 Å². The molecule has 0 saturated carbocycles. The molecule has 0 saturated heterocycles. The van der Waals surface area contributed by atoms with Gasteiger partial charge in [-0.15, -0.1) is 0 Å². The fourth-order valence-electron chi connectivity index (χ4n) is 1.83. The number of nitrogens with one attached hydrogen (secondary N) is 2. The number of amides is 2. The normalized spacial score (nSPS) is 12.3. The number of aliphatic hydroxyl groups excluding tert-OH is 1. The third kappa shape index (κ3) is 7.90. The van der Waals surface area contributed by atoms with E-state index < -0.39 is 23.7 Å². The van der Waals surface area contributed by atoms with Crippen molar-refractivity contribution in [1.29, 1.82) is 0 Å². The first-order valence-corrected chi connectivity index (χ1v) is 8.85.